The molecule has 2 aliphatic rings. The van der Waals surface area contributed by atoms with Gasteiger partial charge in [0.15, 0.2) is 5.79 Å². The van der Waals surface area contributed by atoms with Gasteiger partial charge in [0.2, 0.25) is 0 Å². The summed E-state index contributed by atoms with van der Waals surface area (Å²) in [6.07, 6.45) is -0.0651. The topological polar surface area (TPSA) is 27.7 Å². The van der Waals surface area contributed by atoms with Crippen LogP contribution in [0.2, 0.25) is 5.02 Å². The molecule has 2 bridgehead atoms. The molecule has 2 heterocycles. The lowest BCUT2D eigenvalue weighted by molar-refractivity contribution is -0.226. The molecule has 0 amide bonds. The molecule has 2 fully saturated rings. The zero-order valence-electron chi connectivity index (χ0n) is 8.98. The molecule has 0 saturated carbocycles. The lowest BCUT2D eigenvalue weighted by Gasteiger charge is -2.26. The summed E-state index contributed by atoms with van der Waals surface area (Å²) in [6, 6.07) is 7.68. The highest BCUT2D eigenvalue weighted by Gasteiger charge is 2.48. The monoisotopic (exact) mass is 240 g/mol. The minimum Gasteiger partial charge on any atom is -0.373 e. The van der Waals surface area contributed by atoms with Crippen molar-refractivity contribution in [3.63, 3.8) is 0 Å². The molecule has 2 aliphatic heterocycles. The van der Waals surface area contributed by atoms with Crippen molar-refractivity contribution >= 4 is 11.6 Å². The molecule has 0 spiro atoms. The van der Waals surface area contributed by atoms with E-state index in [0.29, 0.717) is 13.2 Å². The van der Waals surface area contributed by atoms with Crippen molar-refractivity contribution in [3.05, 3.63) is 34.9 Å². The minimum absolute atomic E-state index is 0.0140. The zero-order chi connectivity index (χ0) is 11.2. The normalized spacial score (nSPS) is 37.6. The number of benzene rings is 1. The average molecular weight is 241 g/mol. The van der Waals surface area contributed by atoms with Gasteiger partial charge in [0.05, 0.1) is 6.61 Å². The quantitative estimate of drug-likeness (QED) is 0.755. The number of hydrogen-bond donors (Lipinski definition) is 0. The van der Waals surface area contributed by atoms with Crippen LogP contribution in [0, 0.1) is 0 Å². The lowest BCUT2D eigenvalue weighted by Crippen LogP contribution is -2.38. The van der Waals surface area contributed by atoms with Gasteiger partial charge >= 0.3 is 0 Å². The number of hydrogen-bond acceptors (Lipinski definition) is 3. The van der Waals surface area contributed by atoms with Crippen LogP contribution in [0.15, 0.2) is 24.3 Å². The largest absolute Gasteiger partial charge is 0.373 e. The first-order valence-corrected chi connectivity index (χ1v) is 5.73. The summed E-state index contributed by atoms with van der Waals surface area (Å²) in [4.78, 5) is 0. The molecule has 2 saturated heterocycles. The second-order valence-electron chi connectivity index (χ2n) is 4.40. The van der Waals surface area contributed by atoms with E-state index in [-0.39, 0.29) is 12.2 Å². The van der Waals surface area contributed by atoms with Gasteiger partial charge in [-0.15, -0.1) is 0 Å². The van der Waals surface area contributed by atoms with Crippen LogP contribution >= 0.6 is 11.6 Å². The number of halogens is 1. The van der Waals surface area contributed by atoms with Gasteiger partial charge in [-0.05, 0) is 24.6 Å². The van der Waals surface area contributed by atoms with E-state index in [1.807, 2.05) is 31.2 Å². The summed E-state index contributed by atoms with van der Waals surface area (Å²) in [6.45, 7) is 2.99. The van der Waals surface area contributed by atoms with Crippen molar-refractivity contribution in [2.24, 2.45) is 0 Å². The fraction of sp³-hybridized carbons (Fsp3) is 0.500. The molecule has 3 nitrogen and oxygen atoms in total. The van der Waals surface area contributed by atoms with Gasteiger partial charge in [0, 0.05) is 5.02 Å². The third-order valence-electron chi connectivity index (χ3n) is 2.96. The van der Waals surface area contributed by atoms with Gasteiger partial charge in [0.1, 0.15) is 18.8 Å². The van der Waals surface area contributed by atoms with Crippen LogP contribution in [-0.4, -0.2) is 25.1 Å². The lowest BCUT2D eigenvalue weighted by atomic mass is 10.1. The summed E-state index contributed by atoms with van der Waals surface area (Å²) in [5.41, 5.74) is 1.09. The Morgan fingerprint density at radius 2 is 2.00 bits per heavy atom. The second kappa shape index (κ2) is 3.70. The maximum Gasteiger partial charge on any atom is 0.190 e. The van der Waals surface area contributed by atoms with Gasteiger partial charge in [0.25, 0.3) is 0 Å². The molecule has 16 heavy (non-hydrogen) atoms. The first kappa shape index (κ1) is 10.5. The third-order valence-corrected chi connectivity index (χ3v) is 3.21. The van der Waals surface area contributed by atoms with Crippen molar-refractivity contribution in [2.45, 2.75) is 24.9 Å². The Balaban J connectivity index is 1.88. The van der Waals surface area contributed by atoms with E-state index in [4.69, 9.17) is 25.8 Å². The van der Waals surface area contributed by atoms with Crippen LogP contribution in [-0.2, 0) is 14.2 Å². The maximum absolute atomic E-state index is 5.91. The van der Waals surface area contributed by atoms with Crippen molar-refractivity contribution in [1.29, 1.82) is 0 Å². The smallest absolute Gasteiger partial charge is 0.190 e. The molecule has 3 rings (SSSR count). The Hall–Kier alpha value is -0.610. The number of ether oxygens (including phenoxy) is 3. The second-order valence-corrected chi connectivity index (χ2v) is 4.83. The maximum atomic E-state index is 5.91. The third kappa shape index (κ3) is 1.74. The summed E-state index contributed by atoms with van der Waals surface area (Å²) < 4.78 is 17.2. The average Bonchev–Trinajstić information content (AvgIpc) is 2.50. The minimum atomic E-state index is -0.590. The zero-order valence-corrected chi connectivity index (χ0v) is 9.74. The highest BCUT2D eigenvalue weighted by atomic mass is 35.5. The Labute approximate surface area is 99.3 Å². The molecule has 1 aromatic rings. The molecule has 86 valence electrons. The fourth-order valence-corrected chi connectivity index (χ4v) is 2.37. The molecule has 4 heteroatoms. The fourth-order valence-electron chi connectivity index (χ4n) is 2.24. The molecule has 0 aliphatic carbocycles. The van der Waals surface area contributed by atoms with E-state index in [2.05, 4.69) is 0 Å². The Morgan fingerprint density at radius 1 is 1.25 bits per heavy atom. The Kier molecular flexibility index (Phi) is 2.44. The SMILES string of the molecule is C[C@]12COC[C@H](O1)[C@H](c1ccc(Cl)cc1)O2. The van der Waals surface area contributed by atoms with Gasteiger partial charge < -0.3 is 14.2 Å². The van der Waals surface area contributed by atoms with Gasteiger partial charge in [-0.2, -0.15) is 0 Å². The molecule has 0 aromatic heterocycles. The van der Waals surface area contributed by atoms with Crippen LogP contribution in [0.5, 0.6) is 0 Å². The van der Waals surface area contributed by atoms with Gasteiger partial charge in [-0.25, -0.2) is 0 Å². The molecule has 3 atom stereocenters. The van der Waals surface area contributed by atoms with E-state index in [0.717, 1.165) is 10.6 Å². The van der Waals surface area contributed by atoms with E-state index in [1.165, 1.54) is 0 Å². The van der Waals surface area contributed by atoms with Crippen LogP contribution in [0.4, 0.5) is 0 Å². The highest BCUT2D eigenvalue weighted by molar-refractivity contribution is 6.30. The van der Waals surface area contributed by atoms with E-state index in [1.54, 1.807) is 0 Å². The Morgan fingerprint density at radius 3 is 2.69 bits per heavy atom. The molecular weight excluding hydrogens is 228 g/mol. The first-order valence-electron chi connectivity index (χ1n) is 5.35. The van der Waals surface area contributed by atoms with Crippen LogP contribution < -0.4 is 0 Å². The van der Waals surface area contributed by atoms with Crippen LogP contribution in [0.1, 0.15) is 18.6 Å². The summed E-state index contributed by atoms with van der Waals surface area (Å²) in [5, 5.41) is 0.730. The molecule has 0 N–H and O–H groups in total. The van der Waals surface area contributed by atoms with Crippen molar-refractivity contribution in [2.75, 3.05) is 13.2 Å². The number of rotatable bonds is 1. The van der Waals surface area contributed by atoms with E-state index in [9.17, 15) is 0 Å². The first-order chi connectivity index (χ1) is 7.66. The van der Waals surface area contributed by atoms with E-state index >= 15 is 0 Å². The van der Waals surface area contributed by atoms with Crippen molar-refractivity contribution < 1.29 is 14.2 Å². The molecule has 0 unspecified atom stereocenters. The van der Waals surface area contributed by atoms with Crippen LogP contribution in [0.3, 0.4) is 0 Å². The van der Waals surface area contributed by atoms with Gasteiger partial charge in [-0.3, -0.25) is 0 Å². The Bertz CT molecular complexity index is 392. The molecule has 1 aromatic carbocycles. The predicted octanol–water partition coefficient (Wildman–Crippen LogP) is 2.54. The summed E-state index contributed by atoms with van der Waals surface area (Å²) in [7, 11) is 0. The van der Waals surface area contributed by atoms with Gasteiger partial charge in [-0.1, -0.05) is 23.7 Å². The molecular formula is C12H13ClO3. The summed E-state index contributed by atoms with van der Waals surface area (Å²) in [5.74, 6) is -0.590. The number of fused-ring (bicyclic) bond motifs is 2. The molecule has 0 radical (unpaired) electrons. The van der Waals surface area contributed by atoms with Crippen molar-refractivity contribution in [1.82, 2.24) is 0 Å². The van der Waals surface area contributed by atoms with E-state index < -0.39 is 5.79 Å². The highest BCUT2D eigenvalue weighted by Crippen LogP contribution is 2.41. The van der Waals surface area contributed by atoms with Crippen molar-refractivity contribution in [3.8, 4) is 0 Å². The standard InChI is InChI=1S/C12H13ClO3/c1-12-7-14-6-10(15-12)11(16-12)8-2-4-9(13)5-3-8/h2-5,10-11H,6-7H2,1H3/t10-,11-,12-/m0/s1. The predicted molar refractivity (Wildman–Crippen MR) is 59.4 cm³/mol. The van der Waals surface area contributed by atoms with Crippen LogP contribution in [0.25, 0.3) is 0 Å². The summed E-state index contributed by atoms with van der Waals surface area (Å²) >= 11 is 5.86.